The van der Waals surface area contributed by atoms with E-state index in [-0.39, 0.29) is 0 Å². The minimum atomic E-state index is 1.43. The maximum absolute atomic E-state index is 2.25. The molecule has 6 aliphatic heterocycles. The highest BCUT2D eigenvalue weighted by atomic mass is 32.3. The van der Waals surface area contributed by atoms with Gasteiger partial charge in [0.05, 0.1) is 59.3 Å². The molecule has 0 amide bonds. The first-order valence-electron chi connectivity index (χ1n) is 12.5. The average molecular weight is 978 g/mol. The van der Waals surface area contributed by atoms with E-state index < -0.39 is 0 Å². The van der Waals surface area contributed by atoms with Crippen LogP contribution in [0.1, 0.15) is 0 Å². The number of thioether (sulfide) groups is 20. The summed E-state index contributed by atoms with van der Waals surface area (Å²) in [7, 11) is 0. The van der Waals surface area contributed by atoms with E-state index in [2.05, 4.69) is 50.0 Å². The maximum Gasteiger partial charge on any atom is 0.0717 e. The summed E-state index contributed by atoms with van der Waals surface area (Å²) in [5.74, 6) is 0. The number of hydrogen-bond donors (Lipinski definition) is 0. The molecule has 0 unspecified atom stereocenters. The van der Waals surface area contributed by atoms with Crippen LogP contribution in [0.2, 0.25) is 0 Å². The Morgan fingerprint density at radius 1 is 0.217 bits per heavy atom. The third kappa shape index (κ3) is 8.71. The van der Waals surface area contributed by atoms with Gasteiger partial charge >= 0.3 is 0 Å². The van der Waals surface area contributed by atoms with Gasteiger partial charge in [0.1, 0.15) is 0 Å². The molecular weight excluding hydrogens is 954 g/mol. The molecule has 0 N–H and O–H groups in total. The molecule has 6 aliphatic rings. The van der Waals surface area contributed by atoms with Gasteiger partial charge < -0.3 is 0 Å². The van der Waals surface area contributed by atoms with E-state index in [1.807, 2.05) is 235 Å². The second-order valence-electron chi connectivity index (χ2n) is 8.20. The highest BCUT2D eigenvalue weighted by Crippen LogP contribution is 2.73. The van der Waals surface area contributed by atoms with E-state index >= 15 is 0 Å². The fourth-order valence-electron chi connectivity index (χ4n) is 3.78. The van der Waals surface area contributed by atoms with Crippen molar-refractivity contribution in [3.63, 3.8) is 0 Å². The molecule has 0 bridgehead atoms. The summed E-state index contributed by atoms with van der Waals surface area (Å²) in [5, 5.41) is 0. The van der Waals surface area contributed by atoms with Crippen LogP contribution in [0.4, 0.5) is 0 Å². The van der Waals surface area contributed by atoms with Gasteiger partial charge in [-0.3, -0.25) is 0 Å². The topological polar surface area (TPSA) is 0 Å². The van der Waals surface area contributed by atoms with Crippen molar-refractivity contribution in [1.29, 1.82) is 0 Å². The molecule has 0 saturated carbocycles. The van der Waals surface area contributed by atoms with Crippen LogP contribution >= 0.6 is 235 Å². The molecule has 0 saturated heterocycles. The van der Waals surface area contributed by atoms with Crippen LogP contribution in [-0.4, -0.2) is 50.0 Å². The fourth-order valence-corrected chi connectivity index (χ4v) is 30.5. The van der Waals surface area contributed by atoms with E-state index in [0.29, 0.717) is 0 Å². The van der Waals surface area contributed by atoms with Crippen molar-refractivity contribution in [3.8, 4) is 0 Å². The van der Waals surface area contributed by atoms with Crippen LogP contribution in [0.3, 0.4) is 0 Å². The lowest BCUT2D eigenvalue weighted by atomic mass is 10.4. The van der Waals surface area contributed by atoms with E-state index in [1.165, 1.54) is 78.9 Å². The van der Waals surface area contributed by atoms with Crippen molar-refractivity contribution in [1.82, 2.24) is 0 Å². The summed E-state index contributed by atoms with van der Waals surface area (Å²) in [6.45, 7) is 0. The Morgan fingerprint density at radius 2 is 0.391 bits per heavy atom. The molecule has 248 valence electrons. The third-order valence-electron chi connectivity index (χ3n) is 5.73. The van der Waals surface area contributed by atoms with Crippen molar-refractivity contribution >= 4 is 235 Å². The molecule has 0 aromatic carbocycles. The van der Waals surface area contributed by atoms with Crippen molar-refractivity contribution in [2.75, 3.05) is 50.0 Å². The highest BCUT2D eigenvalue weighted by molar-refractivity contribution is 8.45. The first-order chi connectivity index (χ1) is 22.4. The first kappa shape index (κ1) is 40.3. The molecule has 0 spiro atoms. The van der Waals surface area contributed by atoms with Gasteiger partial charge in [-0.05, 0) is 50.0 Å². The largest absolute Gasteiger partial charge is 0.121 e. The molecule has 0 fully saturated rings. The second kappa shape index (κ2) is 19.0. The van der Waals surface area contributed by atoms with Crippen LogP contribution in [0.5, 0.6) is 0 Å². The van der Waals surface area contributed by atoms with E-state index in [9.17, 15) is 0 Å². The van der Waals surface area contributed by atoms with Crippen LogP contribution in [0.15, 0.2) is 78.9 Å². The summed E-state index contributed by atoms with van der Waals surface area (Å²) < 4.78 is 20.2. The molecule has 0 aromatic heterocycles. The van der Waals surface area contributed by atoms with Gasteiger partial charge in [0.15, 0.2) is 0 Å². The minimum Gasteiger partial charge on any atom is -0.121 e. The van der Waals surface area contributed by atoms with Crippen molar-refractivity contribution < 1.29 is 0 Å². The molecule has 0 aliphatic carbocycles. The summed E-state index contributed by atoms with van der Waals surface area (Å²) in [4.78, 5) is 5.80. The normalized spacial score (nSPS) is 23.0. The zero-order valence-corrected chi connectivity index (χ0v) is 41.5. The van der Waals surface area contributed by atoms with Crippen molar-refractivity contribution in [2.45, 2.75) is 0 Å². The molecule has 20 heteroatoms. The van der Waals surface area contributed by atoms with Crippen LogP contribution in [-0.2, 0) is 0 Å². The molecule has 0 radical (unpaired) electrons. The number of hydrogen-bond acceptors (Lipinski definition) is 20. The smallest absolute Gasteiger partial charge is 0.0717 e. The Kier molecular flexibility index (Phi) is 16.7. The fraction of sp³-hybridized carbons (Fsp3) is 0.308. The minimum absolute atomic E-state index is 1.43. The highest BCUT2D eigenvalue weighted by Gasteiger charge is 2.40. The van der Waals surface area contributed by atoms with Crippen LogP contribution in [0.25, 0.3) is 0 Å². The lowest BCUT2D eigenvalue weighted by molar-refractivity contribution is 1.79. The van der Waals surface area contributed by atoms with Gasteiger partial charge in [-0.2, -0.15) is 0 Å². The average Bonchev–Trinajstić information content (AvgIpc) is 3.92. The molecule has 0 aromatic rings. The van der Waals surface area contributed by atoms with Gasteiger partial charge in [-0.25, -0.2) is 0 Å². The summed E-state index contributed by atoms with van der Waals surface area (Å²) in [6.07, 6.45) is 17.7. The standard InChI is InChI=1S/C26H24S20/c1-27-13-11(37-22(39-13)25-43-17(31-5)18(32-6)44-25)9-10(36-21(35-9)24-41-15(29-3)16(30-4)42-24)12-14(28-2)40-23(38-12)26-45-19(33-7)20(34-8)46-26/h1-8H3. The molecule has 6 rings (SSSR count). The van der Waals surface area contributed by atoms with Gasteiger partial charge in [-0.1, -0.05) is 141 Å². The van der Waals surface area contributed by atoms with E-state index in [4.69, 9.17) is 0 Å². The Bertz CT molecular complexity index is 1460. The van der Waals surface area contributed by atoms with Gasteiger partial charge in [0.2, 0.25) is 0 Å². The summed E-state index contributed by atoms with van der Waals surface area (Å²) in [6, 6.07) is 0. The molecule has 6 heterocycles. The lowest BCUT2D eigenvalue weighted by Crippen LogP contribution is -1.85. The maximum atomic E-state index is 2.25. The molecule has 46 heavy (non-hydrogen) atoms. The second-order valence-corrected chi connectivity index (χ2v) is 30.6. The monoisotopic (exact) mass is 976 g/mol. The first-order valence-corrected chi connectivity index (χ1v) is 32.1. The Hall–Kier alpha value is 4.66. The SMILES string of the molecule is CSC1=C(SC)SC(=C2SC(SC)=C(C3=C(C4=C(SC)SC(=C5SC(SC)=C(SC)S5)S4)SC(=C4SC(SC)=C(SC)S4)S3)S2)S1. The quantitative estimate of drug-likeness (QED) is 0.204. The Labute approximate surface area is 358 Å². The van der Waals surface area contributed by atoms with Gasteiger partial charge in [0, 0.05) is 19.6 Å². The molecular formula is C26H24S20. The van der Waals surface area contributed by atoms with Gasteiger partial charge in [0.25, 0.3) is 0 Å². The van der Waals surface area contributed by atoms with Gasteiger partial charge in [-0.15, -0.1) is 94.1 Å². The van der Waals surface area contributed by atoms with Crippen LogP contribution in [0, 0.1) is 0 Å². The lowest BCUT2D eigenvalue weighted by Gasteiger charge is -2.09. The predicted octanol–water partition coefficient (Wildman–Crippen LogP) is 17.1. The summed E-state index contributed by atoms with van der Waals surface area (Å²) >= 11 is 39.0. The van der Waals surface area contributed by atoms with E-state index in [0.717, 1.165) is 0 Å². The Morgan fingerprint density at radius 3 is 0.630 bits per heavy atom. The molecule has 0 nitrogen and oxygen atoms in total. The summed E-state index contributed by atoms with van der Waals surface area (Å²) in [5.41, 5.74) is 0. The van der Waals surface area contributed by atoms with Crippen molar-refractivity contribution in [2.24, 2.45) is 0 Å². The third-order valence-corrected chi connectivity index (χ3v) is 33.6. The Balaban J connectivity index is 1.38. The van der Waals surface area contributed by atoms with Crippen molar-refractivity contribution in [3.05, 3.63) is 78.9 Å². The van der Waals surface area contributed by atoms with E-state index in [1.54, 1.807) is 0 Å². The zero-order valence-electron chi connectivity index (χ0n) is 25.2. The predicted molar refractivity (Wildman–Crippen MR) is 262 cm³/mol. The molecule has 0 atom stereocenters. The number of rotatable bonds is 10. The van der Waals surface area contributed by atoms with Crippen LogP contribution < -0.4 is 0 Å². The zero-order chi connectivity index (χ0) is 32.5.